The van der Waals surface area contributed by atoms with Crippen molar-refractivity contribution in [1.82, 2.24) is 14.8 Å². The van der Waals surface area contributed by atoms with Crippen LogP contribution in [0.5, 0.6) is 0 Å². The number of hydrogen-bond donors (Lipinski definition) is 1. The Labute approximate surface area is 131 Å². The zero-order chi connectivity index (χ0) is 15.2. The maximum atomic E-state index is 12.2. The molecule has 1 atom stereocenters. The lowest BCUT2D eigenvalue weighted by molar-refractivity contribution is 0.181. The highest BCUT2D eigenvalue weighted by molar-refractivity contribution is 9.10. The average Bonchev–Trinajstić information content (AvgIpc) is 2.52. The maximum absolute atomic E-state index is 12.2. The van der Waals surface area contributed by atoms with Crippen molar-refractivity contribution >= 4 is 21.6 Å². The van der Waals surface area contributed by atoms with Gasteiger partial charge in [0.25, 0.3) is 5.56 Å². The summed E-state index contributed by atoms with van der Waals surface area (Å²) < 4.78 is 6.79. The monoisotopic (exact) mass is 352 g/mol. The summed E-state index contributed by atoms with van der Waals surface area (Å²) >= 11 is 3.33. The molecule has 0 aliphatic carbocycles. The number of aromatic nitrogens is 3. The van der Waals surface area contributed by atoms with Crippen LogP contribution in [-0.2, 0) is 11.3 Å². The second-order valence-corrected chi connectivity index (χ2v) is 5.34. The Kier molecular flexibility index (Phi) is 5.46. The molecule has 7 heteroatoms. The largest absolute Gasteiger partial charge is 0.383 e. The topological polar surface area (TPSA) is 69.0 Å². The van der Waals surface area contributed by atoms with Crippen LogP contribution in [0.3, 0.4) is 0 Å². The second kappa shape index (κ2) is 7.33. The fraction of sp³-hybridized carbons (Fsp3) is 0.357. The van der Waals surface area contributed by atoms with Crippen molar-refractivity contribution in [2.45, 2.75) is 19.5 Å². The third-order valence-corrected chi connectivity index (χ3v) is 3.81. The molecule has 0 spiro atoms. The van der Waals surface area contributed by atoms with Gasteiger partial charge in [-0.1, -0.05) is 6.07 Å². The molecule has 1 N–H and O–H groups in total. The summed E-state index contributed by atoms with van der Waals surface area (Å²) in [5.41, 5.74) is 1.51. The zero-order valence-corrected chi connectivity index (χ0v) is 13.5. The van der Waals surface area contributed by atoms with Crippen LogP contribution in [0.15, 0.2) is 40.0 Å². The lowest BCUT2D eigenvalue weighted by Gasteiger charge is -2.16. The molecule has 0 amide bonds. The van der Waals surface area contributed by atoms with Gasteiger partial charge in [-0.2, -0.15) is 5.10 Å². The third kappa shape index (κ3) is 3.89. The van der Waals surface area contributed by atoms with Gasteiger partial charge in [0.2, 0.25) is 0 Å². The van der Waals surface area contributed by atoms with Crippen molar-refractivity contribution in [3.63, 3.8) is 0 Å². The van der Waals surface area contributed by atoms with Crippen LogP contribution in [0.1, 0.15) is 18.5 Å². The molecule has 0 radical (unpaired) electrons. The van der Waals surface area contributed by atoms with Gasteiger partial charge >= 0.3 is 0 Å². The summed E-state index contributed by atoms with van der Waals surface area (Å²) in [6.45, 7) is 2.87. The first-order chi connectivity index (χ1) is 10.1. The van der Waals surface area contributed by atoms with E-state index < -0.39 is 0 Å². The first-order valence-electron chi connectivity index (χ1n) is 6.54. The zero-order valence-electron chi connectivity index (χ0n) is 11.9. The van der Waals surface area contributed by atoms with E-state index in [9.17, 15) is 4.79 Å². The fourth-order valence-electron chi connectivity index (χ4n) is 1.85. The van der Waals surface area contributed by atoms with Crippen LogP contribution in [-0.4, -0.2) is 28.5 Å². The molecule has 0 saturated carbocycles. The fourth-order valence-corrected chi connectivity index (χ4v) is 2.27. The van der Waals surface area contributed by atoms with E-state index in [0.717, 1.165) is 5.56 Å². The Bertz CT molecular complexity index is 645. The first-order valence-corrected chi connectivity index (χ1v) is 7.33. The van der Waals surface area contributed by atoms with Gasteiger partial charge in [-0.25, -0.2) is 4.68 Å². The second-order valence-electron chi connectivity index (χ2n) is 4.55. The van der Waals surface area contributed by atoms with E-state index in [1.54, 1.807) is 25.7 Å². The number of ether oxygens (including phenoxy) is 1. The minimum atomic E-state index is -0.185. The summed E-state index contributed by atoms with van der Waals surface area (Å²) in [7, 11) is 1.59. The number of halogens is 1. The molecule has 0 aromatic carbocycles. The van der Waals surface area contributed by atoms with E-state index in [4.69, 9.17) is 4.74 Å². The molecular formula is C14H17BrN4O2. The van der Waals surface area contributed by atoms with Gasteiger partial charge in [0.05, 0.1) is 31.1 Å². The normalized spacial score (nSPS) is 12.1. The van der Waals surface area contributed by atoms with Crippen LogP contribution in [0.25, 0.3) is 0 Å². The van der Waals surface area contributed by atoms with Crippen molar-refractivity contribution in [2.75, 3.05) is 19.0 Å². The molecule has 0 aliphatic rings. The Morgan fingerprint density at radius 3 is 2.95 bits per heavy atom. The van der Waals surface area contributed by atoms with Crippen molar-refractivity contribution in [2.24, 2.45) is 0 Å². The van der Waals surface area contributed by atoms with E-state index in [2.05, 4.69) is 31.3 Å². The SMILES string of the molecule is COCCn1ncc(NC(C)c2cccnc2)c(Br)c1=O. The van der Waals surface area contributed by atoms with E-state index in [1.807, 2.05) is 19.1 Å². The van der Waals surface area contributed by atoms with E-state index in [0.29, 0.717) is 23.3 Å². The molecule has 2 aromatic heterocycles. The third-order valence-electron chi connectivity index (χ3n) is 3.05. The van der Waals surface area contributed by atoms with Crippen molar-refractivity contribution in [1.29, 1.82) is 0 Å². The van der Waals surface area contributed by atoms with Crippen LogP contribution in [0, 0.1) is 0 Å². The number of pyridine rings is 1. The molecule has 2 aromatic rings. The number of hydrogen-bond acceptors (Lipinski definition) is 5. The summed E-state index contributed by atoms with van der Waals surface area (Å²) in [5, 5.41) is 7.40. The molecule has 6 nitrogen and oxygen atoms in total. The number of anilines is 1. The Hall–Kier alpha value is -1.73. The molecule has 0 saturated heterocycles. The van der Waals surface area contributed by atoms with Gasteiger partial charge in [0.15, 0.2) is 0 Å². The van der Waals surface area contributed by atoms with Crippen molar-refractivity contribution < 1.29 is 4.74 Å². The van der Waals surface area contributed by atoms with Crippen molar-refractivity contribution in [3.8, 4) is 0 Å². The predicted octanol–water partition coefficient (Wildman–Crippen LogP) is 2.22. The summed E-state index contributed by atoms with van der Waals surface area (Å²) in [6, 6.07) is 3.88. The Morgan fingerprint density at radius 1 is 1.48 bits per heavy atom. The van der Waals surface area contributed by atoms with E-state index in [1.165, 1.54) is 4.68 Å². The smallest absolute Gasteiger partial charge is 0.283 e. The Morgan fingerprint density at radius 2 is 2.29 bits per heavy atom. The highest BCUT2D eigenvalue weighted by Gasteiger charge is 2.12. The number of rotatable bonds is 6. The summed E-state index contributed by atoms with van der Waals surface area (Å²) in [4.78, 5) is 16.2. The quantitative estimate of drug-likeness (QED) is 0.863. The molecule has 2 rings (SSSR count). The average molecular weight is 353 g/mol. The molecule has 0 bridgehead atoms. The number of methoxy groups -OCH3 is 1. The maximum Gasteiger partial charge on any atom is 0.283 e. The van der Waals surface area contributed by atoms with Gasteiger partial charge in [-0.3, -0.25) is 9.78 Å². The summed E-state index contributed by atoms with van der Waals surface area (Å²) in [6.07, 6.45) is 5.15. The minimum absolute atomic E-state index is 0.0195. The molecule has 0 aliphatic heterocycles. The Balaban J connectivity index is 2.18. The molecular weight excluding hydrogens is 336 g/mol. The number of nitrogens with one attached hydrogen (secondary N) is 1. The molecule has 2 heterocycles. The van der Waals surface area contributed by atoms with Crippen LogP contribution >= 0.6 is 15.9 Å². The molecule has 21 heavy (non-hydrogen) atoms. The molecule has 112 valence electrons. The lowest BCUT2D eigenvalue weighted by atomic mass is 10.1. The van der Waals surface area contributed by atoms with Crippen LogP contribution < -0.4 is 10.9 Å². The van der Waals surface area contributed by atoms with Gasteiger partial charge in [0, 0.05) is 19.5 Å². The highest BCUT2D eigenvalue weighted by Crippen LogP contribution is 2.22. The standard InChI is InChI=1S/C14H17BrN4O2/c1-10(11-4-3-5-16-8-11)18-12-9-17-19(6-7-21-2)14(20)13(12)15/h3-5,8-10,18H,6-7H2,1-2H3. The van der Waals surface area contributed by atoms with Crippen LogP contribution in [0.2, 0.25) is 0 Å². The van der Waals surface area contributed by atoms with E-state index in [-0.39, 0.29) is 11.6 Å². The van der Waals surface area contributed by atoms with Crippen molar-refractivity contribution in [3.05, 3.63) is 51.1 Å². The van der Waals surface area contributed by atoms with E-state index >= 15 is 0 Å². The van der Waals surface area contributed by atoms with Gasteiger partial charge in [-0.05, 0) is 34.5 Å². The van der Waals surface area contributed by atoms with Gasteiger partial charge < -0.3 is 10.1 Å². The summed E-state index contributed by atoms with van der Waals surface area (Å²) in [5.74, 6) is 0. The van der Waals surface area contributed by atoms with Gasteiger partial charge in [0.1, 0.15) is 4.47 Å². The van der Waals surface area contributed by atoms with Gasteiger partial charge in [-0.15, -0.1) is 0 Å². The minimum Gasteiger partial charge on any atom is -0.383 e. The number of nitrogens with zero attached hydrogens (tertiary/aromatic N) is 3. The van der Waals surface area contributed by atoms with Crippen LogP contribution in [0.4, 0.5) is 5.69 Å². The predicted molar refractivity (Wildman–Crippen MR) is 84.3 cm³/mol. The molecule has 0 fully saturated rings. The lowest BCUT2D eigenvalue weighted by Crippen LogP contribution is -2.26. The first kappa shape index (κ1) is 15.7. The molecule has 1 unspecified atom stereocenters. The highest BCUT2D eigenvalue weighted by atomic mass is 79.9.